The van der Waals surface area contributed by atoms with Gasteiger partial charge in [0, 0.05) is 19.8 Å². The summed E-state index contributed by atoms with van der Waals surface area (Å²) in [6, 6.07) is 1.34. The Balaban J connectivity index is 2.42. The molecule has 1 N–H and O–H groups in total. The number of hydrogen-bond acceptors (Lipinski definition) is 5. The molecular formula is C11H18N4O4. The van der Waals surface area contributed by atoms with Gasteiger partial charge >= 0.3 is 5.82 Å². The highest BCUT2D eigenvalue weighted by molar-refractivity contribution is 5.75. The molecule has 0 aliphatic heterocycles. The third-order valence-electron chi connectivity index (χ3n) is 2.35. The van der Waals surface area contributed by atoms with Crippen molar-refractivity contribution >= 4 is 11.7 Å². The molecule has 1 rings (SSSR count). The van der Waals surface area contributed by atoms with E-state index in [4.69, 9.17) is 4.74 Å². The maximum Gasteiger partial charge on any atom is 0.345 e. The molecule has 0 radical (unpaired) electrons. The van der Waals surface area contributed by atoms with Gasteiger partial charge in [-0.05, 0) is 25.2 Å². The van der Waals surface area contributed by atoms with Crippen LogP contribution in [-0.2, 0) is 16.1 Å². The molecule has 0 aliphatic rings. The van der Waals surface area contributed by atoms with Gasteiger partial charge in [-0.25, -0.2) is 0 Å². The Labute approximate surface area is 110 Å². The van der Waals surface area contributed by atoms with Crippen molar-refractivity contribution in [2.75, 3.05) is 19.8 Å². The number of rotatable bonds is 8. The average Bonchev–Trinajstić information content (AvgIpc) is 2.70. The number of aromatic nitrogens is 2. The third-order valence-corrected chi connectivity index (χ3v) is 2.35. The number of hydrogen-bond donors (Lipinski definition) is 1. The standard InChI is InChI=1S/C11H18N4O4/c1-3-19-6-4-5-12-10(16)8-14-11(15(17)18)7-9(2)13-14/h7H,3-6,8H2,1-2H3,(H,12,16). The summed E-state index contributed by atoms with van der Waals surface area (Å²) in [7, 11) is 0. The van der Waals surface area contributed by atoms with E-state index in [1.165, 1.54) is 6.07 Å². The highest BCUT2D eigenvalue weighted by Gasteiger charge is 2.18. The molecule has 19 heavy (non-hydrogen) atoms. The van der Waals surface area contributed by atoms with Gasteiger partial charge in [-0.2, -0.15) is 0 Å². The molecule has 1 aromatic heterocycles. The Morgan fingerprint density at radius 2 is 2.37 bits per heavy atom. The molecule has 1 heterocycles. The van der Waals surface area contributed by atoms with Crippen LogP contribution in [-0.4, -0.2) is 40.4 Å². The second-order valence-electron chi connectivity index (χ2n) is 3.96. The van der Waals surface area contributed by atoms with Crippen molar-refractivity contribution in [3.63, 3.8) is 0 Å². The molecule has 0 saturated heterocycles. The van der Waals surface area contributed by atoms with E-state index in [0.29, 0.717) is 31.9 Å². The summed E-state index contributed by atoms with van der Waals surface area (Å²) >= 11 is 0. The summed E-state index contributed by atoms with van der Waals surface area (Å²) in [5, 5.41) is 17.3. The van der Waals surface area contributed by atoms with E-state index < -0.39 is 4.92 Å². The molecule has 0 unspecified atom stereocenters. The molecule has 1 amide bonds. The first-order valence-corrected chi connectivity index (χ1v) is 6.08. The van der Waals surface area contributed by atoms with Crippen LogP contribution >= 0.6 is 0 Å². The summed E-state index contributed by atoms with van der Waals surface area (Å²) in [5.41, 5.74) is 0.510. The van der Waals surface area contributed by atoms with Crippen LogP contribution in [0.1, 0.15) is 19.0 Å². The quantitative estimate of drug-likeness (QED) is 0.424. The van der Waals surface area contributed by atoms with E-state index in [0.717, 1.165) is 4.68 Å². The number of nitrogens with zero attached hydrogens (tertiary/aromatic N) is 3. The minimum Gasteiger partial charge on any atom is -0.382 e. The number of nitrogens with one attached hydrogen (secondary N) is 1. The molecule has 0 aliphatic carbocycles. The average molecular weight is 270 g/mol. The highest BCUT2D eigenvalue weighted by Crippen LogP contribution is 2.12. The molecule has 0 fully saturated rings. The van der Waals surface area contributed by atoms with Gasteiger partial charge in [0.05, 0.1) is 11.8 Å². The molecule has 8 heteroatoms. The van der Waals surface area contributed by atoms with Gasteiger partial charge in [-0.3, -0.25) is 4.79 Å². The van der Waals surface area contributed by atoms with E-state index >= 15 is 0 Å². The molecule has 0 saturated carbocycles. The predicted octanol–water partition coefficient (Wildman–Crippen LogP) is 0.643. The van der Waals surface area contributed by atoms with Crippen molar-refractivity contribution in [3.05, 3.63) is 21.9 Å². The fourth-order valence-electron chi connectivity index (χ4n) is 1.53. The molecule has 0 atom stereocenters. The second kappa shape index (κ2) is 7.47. The monoisotopic (exact) mass is 270 g/mol. The molecule has 8 nitrogen and oxygen atoms in total. The summed E-state index contributed by atoms with van der Waals surface area (Å²) in [6.07, 6.45) is 0.708. The van der Waals surface area contributed by atoms with Crippen LogP contribution in [0.3, 0.4) is 0 Å². The maximum absolute atomic E-state index is 11.6. The normalized spacial score (nSPS) is 10.4. The van der Waals surface area contributed by atoms with Crippen molar-refractivity contribution in [3.8, 4) is 0 Å². The molecule has 1 aromatic rings. The SMILES string of the molecule is CCOCCCNC(=O)Cn1nc(C)cc1[N+](=O)[O-]. The fraction of sp³-hybridized carbons (Fsp3) is 0.636. The van der Waals surface area contributed by atoms with Gasteiger partial charge in [0.2, 0.25) is 0 Å². The van der Waals surface area contributed by atoms with Crippen LogP contribution in [0.5, 0.6) is 0 Å². The summed E-state index contributed by atoms with van der Waals surface area (Å²) in [5.74, 6) is -0.482. The number of carbonyl (C=O) groups is 1. The lowest BCUT2D eigenvalue weighted by Crippen LogP contribution is -2.29. The van der Waals surface area contributed by atoms with Gasteiger partial charge in [-0.1, -0.05) is 5.10 Å². The zero-order valence-electron chi connectivity index (χ0n) is 11.1. The van der Waals surface area contributed by atoms with Crippen molar-refractivity contribution in [1.29, 1.82) is 0 Å². The van der Waals surface area contributed by atoms with Gasteiger partial charge in [0.25, 0.3) is 5.91 Å². The lowest BCUT2D eigenvalue weighted by molar-refractivity contribution is -0.392. The van der Waals surface area contributed by atoms with Crippen molar-refractivity contribution in [1.82, 2.24) is 15.1 Å². The Bertz CT molecular complexity index is 444. The van der Waals surface area contributed by atoms with E-state index in [1.807, 2.05) is 6.92 Å². The number of aryl methyl sites for hydroxylation is 1. The minimum absolute atomic E-state index is 0.154. The van der Waals surface area contributed by atoms with E-state index in [-0.39, 0.29) is 18.3 Å². The molecule has 106 valence electrons. The smallest absolute Gasteiger partial charge is 0.345 e. The maximum atomic E-state index is 11.6. The zero-order chi connectivity index (χ0) is 14.3. The number of carbonyl (C=O) groups excluding carboxylic acids is 1. The molecule has 0 spiro atoms. The van der Waals surface area contributed by atoms with Crippen LogP contribution in [0.25, 0.3) is 0 Å². The molecule has 0 aromatic carbocycles. The summed E-state index contributed by atoms with van der Waals surface area (Å²) in [6.45, 7) is 5.09. The van der Waals surface area contributed by atoms with Crippen LogP contribution in [0.4, 0.5) is 5.82 Å². The number of ether oxygens (including phenoxy) is 1. The summed E-state index contributed by atoms with van der Waals surface area (Å²) in [4.78, 5) is 21.8. The number of amides is 1. The van der Waals surface area contributed by atoms with Crippen LogP contribution in [0, 0.1) is 17.0 Å². The Morgan fingerprint density at radius 1 is 1.63 bits per heavy atom. The topological polar surface area (TPSA) is 99.3 Å². The third kappa shape index (κ3) is 5.04. The van der Waals surface area contributed by atoms with E-state index in [2.05, 4.69) is 10.4 Å². The van der Waals surface area contributed by atoms with Gasteiger partial charge < -0.3 is 20.2 Å². The molecule has 0 bridgehead atoms. The van der Waals surface area contributed by atoms with Gasteiger partial charge in [-0.15, -0.1) is 4.68 Å². The first kappa shape index (κ1) is 15.1. The van der Waals surface area contributed by atoms with E-state index in [1.54, 1.807) is 6.92 Å². The van der Waals surface area contributed by atoms with E-state index in [9.17, 15) is 14.9 Å². The van der Waals surface area contributed by atoms with Crippen LogP contribution in [0.2, 0.25) is 0 Å². The van der Waals surface area contributed by atoms with Crippen LogP contribution in [0.15, 0.2) is 6.07 Å². The van der Waals surface area contributed by atoms with Crippen molar-refractivity contribution < 1.29 is 14.5 Å². The first-order chi connectivity index (χ1) is 9.04. The Morgan fingerprint density at radius 3 is 3.00 bits per heavy atom. The Kier molecular flexibility index (Phi) is 5.94. The fourth-order valence-corrected chi connectivity index (χ4v) is 1.53. The highest BCUT2D eigenvalue weighted by atomic mass is 16.6. The number of nitro groups is 1. The van der Waals surface area contributed by atoms with Crippen LogP contribution < -0.4 is 5.32 Å². The zero-order valence-corrected chi connectivity index (χ0v) is 11.1. The van der Waals surface area contributed by atoms with Crippen molar-refractivity contribution in [2.24, 2.45) is 0 Å². The van der Waals surface area contributed by atoms with Crippen molar-refractivity contribution in [2.45, 2.75) is 26.8 Å². The van der Waals surface area contributed by atoms with Gasteiger partial charge in [0.15, 0.2) is 6.54 Å². The second-order valence-corrected chi connectivity index (χ2v) is 3.96. The lowest BCUT2D eigenvalue weighted by Gasteiger charge is -2.04. The summed E-state index contributed by atoms with van der Waals surface area (Å²) < 4.78 is 6.22. The van der Waals surface area contributed by atoms with Gasteiger partial charge in [0.1, 0.15) is 0 Å². The predicted molar refractivity (Wildman–Crippen MR) is 67.7 cm³/mol. The minimum atomic E-state index is -0.553. The Hall–Kier alpha value is -1.96. The lowest BCUT2D eigenvalue weighted by atomic mass is 10.4. The largest absolute Gasteiger partial charge is 0.382 e. The molecular weight excluding hydrogens is 252 g/mol. The first-order valence-electron chi connectivity index (χ1n) is 6.08.